The van der Waals surface area contributed by atoms with Crippen molar-refractivity contribution in [1.29, 1.82) is 0 Å². The molecule has 0 unspecified atom stereocenters. The number of amides is 1. The molecule has 1 aromatic rings. The quantitative estimate of drug-likeness (QED) is 0.825. The zero-order valence-electron chi connectivity index (χ0n) is 16.9. The third-order valence-corrected chi connectivity index (χ3v) is 6.64. The maximum atomic E-state index is 12.1. The van der Waals surface area contributed by atoms with Gasteiger partial charge in [0.2, 0.25) is 5.91 Å². The Morgan fingerprint density at radius 1 is 1.21 bits per heavy atom. The lowest BCUT2D eigenvalue weighted by Gasteiger charge is -2.35. The minimum atomic E-state index is -0.671. The van der Waals surface area contributed by atoms with Crippen molar-refractivity contribution in [2.24, 2.45) is 5.92 Å². The van der Waals surface area contributed by atoms with Gasteiger partial charge in [-0.1, -0.05) is 24.3 Å². The fraction of sp³-hybridized carbons (Fsp3) is 0.542. The lowest BCUT2D eigenvalue weighted by Crippen LogP contribution is -2.41. The minimum Gasteiger partial charge on any atom is -0.390 e. The van der Waals surface area contributed by atoms with Gasteiger partial charge in [0.1, 0.15) is 0 Å². The van der Waals surface area contributed by atoms with E-state index in [0.717, 1.165) is 38.8 Å². The number of nitrogens with one attached hydrogen (secondary N) is 1. The van der Waals surface area contributed by atoms with Gasteiger partial charge >= 0.3 is 0 Å². The molecule has 0 bridgehead atoms. The van der Waals surface area contributed by atoms with E-state index in [1.54, 1.807) is 0 Å². The molecule has 4 rings (SSSR count). The van der Waals surface area contributed by atoms with E-state index in [1.165, 1.54) is 22.4 Å². The third kappa shape index (κ3) is 4.17. The average Bonchev–Trinajstić information content (AvgIpc) is 2.83. The van der Waals surface area contributed by atoms with Crippen LogP contribution >= 0.6 is 0 Å². The van der Waals surface area contributed by atoms with Gasteiger partial charge in [-0.05, 0) is 74.3 Å². The molecule has 2 N–H and O–H groups in total. The topological polar surface area (TPSA) is 52.6 Å². The Hall–Kier alpha value is -2.07. The van der Waals surface area contributed by atoms with Gasteiger partial charge in [-0.25, -0.2) is 0 Å². The first kappa shape index (κ1) is 19.3. The summed E-state index contributed by atoms with van der Waals surface area (Å²) >= 11 is 0. The Kier molecular flexibility index (Phi) is 5.58. The SMILES string of the molecule is CCNC(=O)C1CCC(O)(Cc2ccc3c(c2)CCN(C2=CC=C2)CC3)CC1. The number of benzene rings is 1. The predicted octanol–water partition coefficient (Wildman–Crippen LogP) is 3.14. The Labute approximate surface area is 168 Å². The van der Waals surface area contributed by atoms with Crippen LogP contribution in [0.2, 0.25) is 0 Å². The maximum Gasteiger partial charge on any atom is 0.223 e. The third-order valence-electron chi connectivity index (χ3n) is 6.64. The van der Waals surface area contributed by atoms with E-state index in [0.29, 0.717) is 25.8 Å². The first-order valence-electron chi connectivity index (χ1n) is 10.8. The lowest BCUT2D eigenvalue weighted by molar-refractivity contribution is -0.127. The Morgan fingerprint density at radius 2 is 1.93 bits per heavy atom. The van der Waals surface area contributed by atoms with Crippen molar-refractivity contribution in [2.45, 2.75) is 57.5 Å². The molecule has 4 heteroatoms. The summed E-state index contributed by atoms with van der Waals surface area (Å²) in [5, 5.41) is 14.0. The van der Waals surface area contributed by atoms with Crippen molar-refractivity contribution in [3.05, 3.63) is 58.8 Å². The molecular weight excluding hydrogens is 348 g/mol. The van der Waals surface area contributed by atoms with Crippen LogP contribution in [-0.4, -0.2) is 41.1 Å². The van der Waals surface area contributed by atoms with Crippen LogP contribution in [-0.2, 0) is 24.1 Å². The molecule has 150 valence electrons. The molecule has 1 amide bonds. The number of rotatable bonds is 5. The molecular formula is C24H32N2O2. The highest BCUT2D eigenvalue weighted by Gasteiger charge is 2.35. The van der Waals surface area contributed by atoms with Crippen LogP contribution in [0.4, 0.5) is 0 Å². The van der Waals surface area contributed by atoms with Gasteiger partial charge in [0, 0.05) is 37.7 Å². The number of hydrogen-bond acceptors (Lipinski definition) is 3. The van der Waals surface area contributed by atoms with E-state index in [-0.39, 0.29) is 11.8 Å². The number of fused-ring (bicyclic) bond motifs is 1. The van der Waals surface area contributed by atoms with E-state index < -0.39 is 5.60 Å². The fourth-order valence-corrected chi connectivity index (χ4v) is 4.83. The van der Waals surface area contributed by atoms with E-state index in [2.05, 4.69) is 46.6 Å². The van der Waals surface area contributed by atoms with Crippen molar-refractivity contribution in [3.63, 3.8) is 0 Å². The van der Waals surface area contributed by atoms with Crippen molar-refractivity contribution >= 4 is 5.91 Å². The van der Waals surface area contributed by atoms with Crippen LogP contribution in [0.15, 0.2) is 42.1 Å². The number of carbonyl (C=O) groups is 1. The van der Waals surface area contributed by atoms with Crippen molar-refractivity contribution in [3.8, 4) is 0 Å². The van der Waals surface area contributed by atoms with Gasteiger partial charge < -0.3 is 15.3 Å². The van der Waals surface area contributed by atoms with Gasteiger partial charge in [-0.3, -0.25) is 4.79 Å². The predicted molar refractivity (Wildman–Crippen MR) is 112 cm³/mol. The van der Waals surface area contributed by atoms with Crippen LogP contribution in [0.3, 0.4) is 0 Å². The van der Waals surface area contributed by atoms with E-state index in [4.69, 9.17) is 0 Å². The van der Waals surface area contributed by atoms with E-state index in [9.17, 15) is 9.90 Å². The molecule has 0 saturated heterocycles. The van der Waals surface area contributed by atoms with Crippen molar-refractivity contribution in [1.82, 2.24) is 10.2 Å². The summed E-state index contributed by atoms with van der Waals surface area (Å²) in [5.41, 5.74) is 4.79. The number of hydrogen-bond donors (Lipinski definition) is 2. The fourth-order valence-electron chi connectivity index (χ4n) is 4.83. The van der Waals surface area contributed by atoms with Crippen molar-refractivity contribution in [2.75, 3.05) is 19.6 Å². The number of allylic oxidation sites excluding steroid dienone is 3. The second-order valence-corrected chi connectivity index (χ2v) is 8.61. The van der Waals surface area contributed by atoms with Crippen LogP contribution in [0.1, 0.15) is 49.3 Å². The van der Waals surface area contributed by atoms with Crippen LogP contribution in [0, 0.1) is 5.92 Å². The summed E-state index contributed by atoms with van der Waals surface area (Å²) in [4.78, 5) is 14.5. The van der Waals surface area contributed by atoms with Crippen LogP contribution < -0.4 is 5.32 Å². The molecule has 1 aliphatic heterocycles. The molecule has 3 aliphatic rings. The summed E-state index contributed by atoms with van der Waals surface area (Å²) in [5.74, 6) is 0.212. The zero-order chi connectivity index (χ0) is 19.6. The monoisotopic (exact) mass is 380 g/mol. The smallest absolute Gasteiger partial charge is 0.223 e. The molecule has 0 radical (unpaired) electrons. The molecule has 28 heavy (non-hydrogen) atoms. The van der Waals surface area contributed by atoms with Gasteiger partial charge in [0.15, 0.2) is 0 Å². The highest BCUT2D eigenvalue weighted by molar-refractivity contribution is 5.78. The first-order valence-corrected chi connectivity index (χ1v) is 10.8. The standard InChI is InChI=1S/C24H32N2O2/c1-2-25-23(27)20-8-12-24(28,13-9-20)17-18-6-7-19-10-14-26(22-4-3-5-22)15-11-21(19)16-18/h3-7,16,20,28H,2,8-15,17H2,1H3,(H,25,27). The minimum absolute atomic E-state index is 0.0631. The number of nitrogens with zero attached hydrogens (tertiary/aromatic N) is 1. The molecule has 4 nitrogen and oxygen atoms in total. The molecule has 0 spiro atoms. The van der Waals surface area contributed by atoms with E-state index >= 15 is 0 Å². The van der Waals surface area contributed by atoms with Gasteiger partial charge in [0.05, 0.1) is 5.60 Å². The van der Waals surface area contributed by atoms with Gasteiger partial charge in [-0.2, -0.15) is 0 Å². The zero-order valence-corrected chi connectivity index (χ0v) is 16.9. The average molecular weight is 381 g/mol. The van der Waals surface area contributed by atoms with E-state index in [1.807, 2.05) is 6.92 Å². The molecule has 1 fully saturated rings. The highest BCUT2D eigenvalue weighted by Crippen LogP contribution is 2.35. The van der Waals surface area contributed by atoms with Crippen LogP contribution in [0.25, 0.3) is 0 Å². The molecule has 0 aromatic heterocycles. The van der Waals surface area contributed by atoms with Crippen LogP contribution in [0.5, 0.6) is 0 Å². The second kappa shape index (κ2) is 8.12. The summed E-state index contributed by atoms with van der Waals surface area (Å²) < 4.78 is 0. The normalized spacial score (nSPS) is 26.7. The summed E-state index contributed by atoms with van der Waals surface area (Å²) in [6.45, 7) is 4.77. The number of carbonyl (C=O) groups excluding carboxylic acids is 1. The summed E-state index contributed by atoms with van der Waals surface area (Å²) in [6.07, 6.45) is 12.3. The number of aliphatic hydroxyl groups is 1. The maximum absolute atomic E-state index is 12.1. The van der Waals surface area contributed by atoms with Gasteiger partial charge in [-0.15, -0.1) is 0 Å². The Balaban J connectivity index is 1.37. The molecule has 1 heterocycles. The molecule has 1 saturated carbocycles. The molecule has 1 aromatic carbocycles. The lowest BCUT2D eigenvalue weighted by atomic mass is 9.75. The molecule has 2 aliphatic carbocycles. The van der Waals surface area contributed by atoms with Crippen molar-refractivity contribution < 1.29 is 9.90 Å². The Morgan fingerprint density at radius 3 is 2.57 bits per heavy atom. The molecule has 0 atom stereocenters. The highest BCUT2D eigenvalue weighted by atomic mass is 16.3. The van der Waals surface area contributed by atoms with Gasteiger partial charge in [0.25, 0.3) is 0 Å². The first-order chi connectivity index (χ1) is 13.6. The largest absolute Gasteiger partial charge is 0.390 e. The second-order valence-electron chi connectivity index (χ2n) is 8.61. The summed E-state index contributed by atoms with van der Waals surface area (Å²) in [6, 6.07) is 6.78. The summed E-state index contributed by atoms with van der Waals surface area (Å²) in [7, 11) is 0. The Bertz CT molecular complexity index is 788.